The third-order valence-corrected chi connectivity index (χ3v) is 3.31. The number of amides is 3. The lowest BCUT2D eigenvalue weighted by Crippen LogP contribution is -2.37. The van der Waals surface area contributed by atoms with Crippen molar-refractivity contribution < 1.29 is 14.4 Å². The number of anilines is 1. The van der Waals surface area contributed by atoms with Crippen LogP contribution in [0.5, 0.6) is 0 Å². The van der Waals surface area contributed by atoms with Crippen LogP contribution in [0, 0.1) is 0 Å². The molecule has 2 rings (SSSR count). The predicted octanol–water partition coefficient (Wildman–Crippen LogP) is -0.252. The smallest absolute Gasteiger partial charge is 0.253 e. The number of aromatic nitrogens is 2. The molecule has 0 saturated heterocycles. The van der Waals surface area contributed by atoms with E-state index in [9.17, 15) is 19.2 Å². The first kappa shape index (κ1) is 18.8. The van der Waals surface area contributed by atoms with Crippen molar-refractivity contribution in [2.75, 3.05) is 18.4 Å². The average molecular weight is 357 g/mol. The maximum absolute atomic E-state index is 12.0. The van der Waals surface area contributed by atoms with Crippen LogP contribution in [-0.2, 0) is 16.1 Å². The summed E-state index contributed by atoms with van der Waals surface area (Å²) in [4.78, 5) is 50.0. The molecule has 0 spiro atoms. The van der Waals surface area contributed by atoms with Gasteiger partial charge in [-0.2, -0.15) is 0 Å². The third kappa shape index (κ3) is 5.86. The Hall–Kier alpha value is -3.49. The van der Waals surface area contributed by atoms with Gasteiger partial charge in [-0.25, -0.2) is 4.98 Å². The summed E-state index contributed by atoms with van der Waals surface area (Å²) in [6, 6.07) is 7.71. The van der Waals surface area contributed by atoms with E-state index in [1.54, 1.807) is 24.3 Å². The number of rotatable bonds is 7. The maximum Gasteiger partial charge on any atom is 0.253 e. The highest BCUT2D eigenvalue weighted by molar-refractivity contribution is 5.95. The lowest BCUT2D eigenvalue weighted by atomic mass is 10.2. The van der Waals surface area contributed by atoms with Crippen LogP contribution >= 0.6 is 0 Å². The van der Waals surface area contributed by atoms with Gasteiger partial charge in [-0.15, -0.1) is 0 Å². The predicted molar refractivity (Wildman–Crippen MR) is 94.6 cm³/mol. The van der Waals surface area contributed by atoms with E-state index in [0.29, 0.717) is 11.3 Å². The second-order valence-corrected chi connectivity index (χ2v) is 5.41. The molecule has 3 amide bonds. The Morgan fingerprint density at radius 3 is 2.38 bits per heavy atom. The minimum Gasteiger partial charge on any atom is -0.353 e. The zero-order valence-electron chi connectivity index (χ0n) is 14.2. The number of hydrogen-bond donors (Lipinski definition) is 3. The summed E-state index contributed by atoms with van der Waals surface area (Å²) in [6.07, 6.45) is 2.64. The van der Waals surface area contributed by atoms with Gasteiger partial charge < -0.3 is 16.0 Å². The number of benzene rings is 1. The van der Waals surface area contributed by atoms with Crippen LogP contribution in [0.2, 0.25) is 0 Å². The van der Waals surface area contributed by atoms with Crippen molar-refractivity contribution in [2.45, 2.75) is 13.5 Å². The van der Waals surface area contributed by atoms with Gasteiger partial charge in [0.1, 0.15) is 6.54 Å². The Bertz CT molecular complexity index is 845. The van der Waals surface area contributed by atoms with Crippen molar-refractivity contribution in [2.24, 2.45) is 0 Å². The summed E-state index contributed by atoms with van der Waals surface area (Å²) in [7, 11) is 0. The molecule has 1 aromatic heterocycles. The number of carbonyl (C=O) groups excluding carboxylic acids is 3. The van der Waals surface area contributed by atoms with E-state index in [2.05, 4.69) is 20.9 Å². The number of nitrogens with zero attached hydrogens (tertiary/aromatic N) is 2. The molecule has 0 atom stereocenters. The van der Waals surface area contributed by atoms with Crippen LogP contribution in [0.1, 0.15) is 17.3 Å². The van der Waals surface area contributed by atoms with Gasteiger partial charge in [0.2, 0.25) is 11.8 Å². The van der Waals surface area contributed by atoms with Crippen LogP contribution < -0.4 is 21.5 Å². The molecule has 0 saturated carbocycles. The molecular formula is C17H19N5O4. The Balaban J connectivity index is 1.73. The molecule has 0 aliphatic rings. The van der Waals surface area contributed by atoms with Gasteiger partial charge in [-0.05, 0) is 24.3 Å². The van der Waals surface area contributed by atoms with Crippen LogP contribution in [0.15, 0.2) is 47.7 Å². The first-order chi connectivity index (χ1) is 12.5. The molecular weight excluding hydrogens is 338 g/mol. The van der Waals surface area contributed by atoms with Gasteiger partial charge in [-0.3, -0.25) is 23.7 Å². The molecule has 0 bridgehead atoms. The van der Waals surface area contributed by atoms with Crippen molar-refractivity contribution in [3.05, 3.63) is 58.8 Å². The van der Waals surface area contributed by atoms with E-state index in [0.717, 1.165) is 0 Å². The van der Waals surface area contributed by atoms with E-state index in [1.165, 1.54) is 30.1 Å². The monoisotopic (exact) mass is 357 g/mol. The first-order valence-electron chi connectivity index (χ1n) is 7.88. The van der Waals surface area contributed by atoms with E-state index in [1.807, 2.05) is 0 Å². The van der Waals surface area contributed by atoms with Crippen molar-refractivity contribution in [1.82, 2.24) is 20.2 Å². The Labute approximate surface area is 149 Å². The summed E-state index contributed by atoms with van der Waals surface area (Å²) in [5, 5.41) is 7.89. The van der Waals surface area contributed by atoms with Gasteiger partial charge in [0.15, 0.2) is 0 Å². The average Bonchev–Trinajstić information content (AvgIpc) is 2.60. The molecule has 3 N–H and O–H groups in total. The molecule has 1 heterocycles. The molecule has 9 heteroatoms. The molecule has 2 aromatic rings. The largest absolute Gasteiger partial charge is 0.353 e. The molecule has 0 unspecified atom stereocenters. The molecule has 26 heavy (non-hydrogen) atoms. The summed E-state index contributed by atoms with van der Waals surface area (Å²) in [5.41, 5.74) is 0.727. The molecule has 136 valence electrons. The standard InChI is InChI=1S/C17H19N5O4/c1-12(23)21-14-4-2-13(3-5-14)17(26)20-9-8-19-15(24)10-22-11-18-7-6-16(22)25/h2-7,11H,8-10H2,1H3,(H,19,24)(H,20,26)(H,21,23). The summed E-state index contributed by atoms with van der Waals surface area (Å²) >= 11 is 0. The highest BCUT2D eigenvalue weighted by Gasteiger charge is 2.07. The van der Waals surface area contributed by atoms with Crippen LogP contribution in [0.25, 0.3) is 0 Å². The topological polar surface area (TPSA) is 122 Å². The summed E-state index contributed by atoms with van der Waals surface area (Å²) < 4.78 is 1.19. The van der Waals surface area contributed by atoms with Gasteiger partial charge in [-0.1, -0.05) is 0 Å². The SMILES string of the molecule is CC(=O)Nc1ccc(C(=O)NCCNC(=O)Cn2cnccc2=O)cc1. The summed E-state index contributed by atoms with van der Waals surface area (Å²) in [5.74, 6) is -0.836. The van der Waals surface area contributed by atoms with E-state index < -0.39 is 0 Å². The Kier molecular flexibility index (Phi) is 6.60. The quantitative estimate of drug-likeness (QED) is 0.590. The van der Waals surface area contributed by atoms with Crippen molar-refractivity contribution >= 4 is 23.4 Å². The number of hydrogen-bond acceptors (Lipinski definition) is 5. The fourth-order valence-electron chi connectivity index (χ4n) is 2.10. The van der Waals surface area contributed by atoms with Gasteiger partial charge in [0.25, 0.3) is 11.5 Å². The second kappa shape index (κ2) is 9.11. The summed E-state index contributed by atoms with van der Waals surface area (Å²) in [6.45, 7) is 1.73. The van der Waals surface area contributed by atoms with E-state index in [4.69, 9.17) is 0 Å². The van der Waals surface area contributed by atoms with Gasteiger partial charge in [0, 0.05) is 43.5 Å². The minimum absolute atomic E-state index is 0.134. The Morgan fingerprint density at radius 1 is 1.04 bits per heavy atom. The van der Waals surface area contributed by atoms with E-state index >= 15 is 0 Å². The molecule has 0 radical (unpaired) electrons. The first-order valence-corrected chi connectivity index (χ1v) is 7.88. The third-order valence-electron chi connectivity index (χ3n) is 3.31. The normalized spacial score (nSPS) is 10.0. The van der Waals surface area contributed by atoms with Crippen molar-refractivity contribution in [3.63, 3.8) is 0 Å². The Morgan fingerprint density at radius 2 is 1.73 bits per heavy atom. The molecule has 9 nitrogen and oxygen atoms in total. The van der Waals surface area contributed by atoms with Crippen LogP contribution in [0.4, 0.5) is 5.69 Å². The fourth-order valence-corrected chi connectivity index (χ4v) is 2.10. The van der Waals surface area contributed by atoms with E-state index in [-0.39, 0.29) is 42.9 Å². The van der Waals surface area contributed by atoms with Crippen LogP contribution in [-0.4, -0.2) is 40.4 Å². The molecule has 0 aliphatic heterocycles. The second-order valence-electron chi connectivity index (χ2n) is 5.41. The number of nitrogens with one attached hydrogen (secondary N) is 3. The van der Waals surface area contributed by atoms with Gasteiger partial charge >= 0.3 is 0 Å². The molecule has 1 aromatic carbocycles. The fraction of sp³-hybridized carbons (Fsp3) is 0.235. The van der Waals surface area contributed by atoms with Gasteiger partial charge in [0.05, 0.1) is 6.33 Å². The van der Waals surface area contributed by atoms with Crippen LogP contribution in [0.3, 0.4) is 0 Å². The number of carbonyl (C=O) groups is 3. The highest BCUT2D eigenvalue weighted by atomic mass is 16.2. The minimum atomic E-state index is -0.353. The highest BCUT2D eigenvalue weighted by Crippen LogP contribution is 2.09. The van der Waals surface area contributed by atoms with Crippen molar-refractivity contribution in [3.8, 4) is 0 Å². The molecule has 0 aliphatic carbocycles. The zero-order chi connectivity index (χ0) is 18.9. The maximum atomic E-state index is 12.0. The molecule has 0 fully saturated rings. The van der Waals surface area contributed by atoms with Crippen molar-refractivity contribution in [1.29, 1.82) is 0 Å². The lowest BCUT2D eigenvalue weighted by Gasteiger charge is -2.08. The lowest BCUT2D eigenvalue weighted by molar-refractivity contribution is -0.121. The zero-order valence-corrected chi connectivity index (χ0v) is 14.2.